The van der Waals surface area contributed by atoms with E-state index in [4.69, 9.17) is 0 Å². The number of carbonyl (C=O) groups excluding carboxylic acids is 1. The Labute approximate surface area is 143 Å². The minimum Gasteiger partial charge on any atom is -0.370 e. The van der Waals surface area contributed by atoms with E-state index in [2.05, 4.69) is 20.5 Å². The molecular formula is C19H24N4O. The Kier molecular flexibility index (Phi) is 5.43. The highest BCUT2D eigenvalue weighted by Gasteiger charge is 2.29. The van der Waals surface area contributed by atoms with Crippen LogP contribution in [0.2, 0.25) is 0 Å². The van der Waals surface area contributed by atoms with Crippen LogP contribution in [0.5, 0.6) is 0 Å². The first kappa shape index (κ1) is 16.5. The molecule has 0 saturated carbocycles. The zero-order valence-corrected chi connectivity index (χ0v) is 14.0. The van der Waals surface area contributed by atoms with Crippen molar-refractivity contribution < 1.29 is 4.79 Å². The molecule has 1 amide bonds. The number of likely N-dealkylation sites (tertiary alicyclic amines) is 1. The molecule has 0 aliphatic carbocycles. The lowest BCUT2D eigenvalue weighted by molar-refractivity contribution is -0.120. The Hall–Kier alpha value is -2.40. The minimum absolute atomic E-state index is 0.0551. The van der Waals surface area contributed by atoms with E-state index in [0.717, 1.165) is 37.6 Å². The molecule has 1 aliphatic rings. The second kappa shape index (κ2) is 7.93. The highest BCUT2D eigenvalue weighted by atomic mass is 16.2. The second-order valence-electron chi connectivity index (χ2n) is 6.28. The van der Waals surface area contributed by atoms with Crippen molar-refractivity contribution in [3.63, 3.8) is 0 Å². The van der Waals surface area contributed by atoms with Crippen LogP contribution in [-0.4, -0.2) is 41.5 Å². The number of amides is 1. The summed E-state index contributed by atoms with van der Waals surface area (Å²) in [4.78, 5) is 18.9. The summed E-state index contributed by atoms with van der Waals surface area (Å²) in [6.45, 7) is 4.76. The third-order valence-corrected chi connectivity index (χ3v) is 4.52. The zero-order chi connectivity index (χ0) is 16.8. The fourth-order valence-corrected chi connectivity index (χ4v) is 3.03. The molecule has 3 rings (SSSR count). The number of aromatic nitrogens is 1. The smallest absolute Gasteiger partial charge is 0.241 e. The molecule has 2 unspecified atom stereocenters. The fourth-order valence-electron chi connectivity index (χ4n) is 3.03. The summed E-state index contributed by atoms with van der Waals surface area (Å²) in [5.74, 6) is 1.50. The molecule has 24 heavy (non-hydrogen) atoms. The molecule has 2 aromatic rings. The Morgan fingerprint density at radius 1 is 1.25 bits per heavy atom. The summed E-state index contributed by atoms with van der Waals surface area (Å²) in [5.41, 5.74) is 0.849. The lowest BCUT2D eigenvalue weighted by Crippen LogP contribution is -2.41. The monoisotopic (exact) mass is 324 g/mol. The molecule has 0 radical (unpaired) electrons. The maximum absolute atomic E-state index is 12.4. The summed E-state index contributed by atoms with van der Waals surface area (Å²) in [6, 6.07) is 15.4. The van der Waals surface area contributed by atoms with Gasteiger partial charge in [0.25, 0.3) is 0 Å². The van der Waals surface area contributed by atoms with Gasteiger partial charge in [0.1, 0.15) is 5.82 Å². The van der Waals surface area contributed by atoms with Crippen LogP contribution >= 0.6 is 0 Å². The number of carbonyl (C=O) groups is 1. The maximum atomic E-state index is 12.4. The first-order valence-corrected chi connectivity index (χ1v) is 8.47. The number of nitrogens with one attached hydrogen (secondary N) is 2. The van der Waals surface area contributed by atoms with E-state index in [1.165, 1.54) is 0 Å². The SMILES string of the molecule is CC(C(=O)Nc1ccccc1)N1CCC(CNc2ccccn2)C1. The Bertz CT molecular complexity index is 647. The van der Waals surface area contributed by atoms with Crippen LogP contribution in [0, 0.1) is 5.92 Å². The van der Waals surface area contributed by atoms with Crippen LogP contribution in [0.4, 0.5) is 11.5 Å². The van der Waals surface area contributed by atoms with Crippen molar-refractivity contribution in [2.24, 2.45) is 5.92 Å². The molecule has 1 fully saturated rings. The van der Waals surface area contributed by atoms with Crippen LogP contribution in [0.3, 0.4) is 0 Å². The van der Waals surface area contributed by atoms with Gasteiger partial charge >= 0.3 is 0 Å². The molecule has 2 atom stereocenters. The molecule has 2 N–H and O–H groups in total. The lowest BCUT2D eigenvalue weighted by atomic mass is 10.1. The second-order valence-corrected chi connectivity index (χ2v) is 6.28. The molecular weight excluding hydrogens is 300 g/mol. The van der Waals surface area contributed by atoms with Crippen LogP contribution < -0.4 is 10.6 Å². The van der Waals surface area contributed by atoms with Gasteiger partial charge in [0.05, 0.1) is 6.04 Å². The topological polar surface area (TPSA) is 57.3 Å². The van der Waals surface area contributed by atoms with Crippen LogP contribution in [0.25, 0.3) is 0 Å². The van der Waals surface area contributed by atoms with Crippen molar-refractivity contribution in [1.29, 1.82) is 0 Å². The Balaban J connectivity index is 1.47. The highest BCUT2D eigenvalue weighted by Crippen LogP contribution is 2.20. The van der Waals surface area contributed by atoms with E-state index in [1.54, 1.807) is 6.20 Å². The average molecular weight is 324 g/mol. The van der Waals surface area contributed by atoms with Gasteiger partial charge in [-0.15, -0.1) is 0 Å². The van der Waals surface area contributed by atoms with Crippen molar-refractivity contribution in [1.82, 2.24) is 9.88 Å². The van der Waals surface area contributed by atoms with Crippen molar-refractivity contribution in [3.8, 4) is 0 Å². The fraction of sp³-hybridized carbons (Fsp3) is 0.368. The van der Waals surface area contributed by atoms with Gasteiger partial charge < -0.3 is 10.6 Å². The van der Waals surface area contributed by atoms with E-state index in [-0.39, 0.29) is 11.9 Å². The van der Waals surface area contributed by atoms with Crippen LogP contribution in [0.1, 0.15) is 13.3 Å². The van der Waals surface area contributed by atoms with Gasteiger partial charge in [-0.25, -0.2) is 4.98 Å². The molecule has 2 heterocycles. The molecule has 0 spiro atoms. The van der Waals surface area contributed by atoms with Gasteiger partial charge in [0, 0.05) is 25.0 Å². The van der Waals surface area contributed by atoms with Crippen LogP contribution in [0.15, 0.2) is 54.7 Å². The van der Waals surface area contributed by atoms with E-state index >= 15 is 0 Å². The third-order valence-electron chi connectivity index (χ3n) is 4.52. The molecule has 1 aromatic heterocycles. The van der Waals surface area contributed by atoms with Crippen molar-refractivity contribution in [2.45, 2.75) is 19.4 Å². The Morgan fingerprint density at radius 2 is 2.04 bits per heavy atom. The number of rotatable bonds is 6. The standard InChI is InChI=1S/C19H24N4O/c1-15(19(24)22-17-7-3-2-4-8-17)23-12-10-16(14-23)13-21-18-9-5-6-11-20-18/h2-9,11,15-16H,10,12-14H2,1H3,(H,20,21)(H,22,24). The number of hydrogen-bond acceptors (Lipinski definition) is 4. The molecule has 5 heteroatoms. The summed E-state index contributed by atoms with van der Waals surface area (Å²) in [7, 11) is 0. The van der Waals surface area contributed by atoms with E-state index in [9.17, 15) is 4.79 Å². The van der Waals surface area contributed by atoms with E-state index in [0.29, 0.717) is 5.92 Å². The maximum Gasteiger partial charge on any atom is 0.241 e. The molecule has 1 aromatic carbocycles. The first-order valence-electron chi connectivity index (χ1n) is 8.47. The molecule has 1 aliphatic heterocycles. The van der Waals surface area contributed by atoms with Crippen LogP contribution in [-0.2, 0) is 4.79 Å². The highest BCUT2D eigenvalue weighted by molar-refractivity contribution is 5.94. The molecule has 126 valence electrons. The number of hydrogen-bond donors (Lipinski definition) is 2. The van der Waals surface area contributed by atoms with Crippen molar-refractivity contribution >= 4 is 17.4 Å². The normalized spacial score (nSPS) is 19.0. The summed E-state index contributed by atoms with van der Waals surface area (Å²) in [5, 5.41) is 6.36. The molecule has 1 saturated heterocycles. The van der Waals surface area contributed by atoms with Crippen molar-refractivity contribution in [3.05, 3.63) is 54.7 Å². The predicted molar refractivity (Wildman–Crippen MR) is 96.9 cm³/mol. The first-order chi connectivity index (χ1) is 11.7. The van der Waals surface area contributed by atoms with Gasteiger partial charge in [-0.1, -0.05) is 24.3 Å². The minimum atomic E-state index is -0.120. The number of para-hydroxylation sites is 1. The lowest BCUT2D eigenvalue weighted by Gasteiger charge is -2.23. The quantitative estimate of drug-likeness (QED) is 0.858. The zero-order valence-electron chi connectivity index (χ0n) is 14.0. The summed E-state index contributed by atoms with van der Waals surface area (Å²) >= 11 is 0. The Morgan fingerprint density at radius 3 is 2.79 bits per heavy atom. The molecule has 5 nitrogen and oxygen atoms in total. The van der Waals surface area contributed by atoms with Crippen molar-refractivity contribution in [2.75, 3.05) is 30.3 Å². The molecule has 0 bridgehead atoms. The number of benzene rings is 1. The largest absolute Gasteiger partial charge is 0.370 e. The number of anilines is 2. The van der Waals surface area contributed by atoms with E-state index < -0.39 is 0 Å². The van der Waals surface area contributed by atoms with Gasteiger partial charge in [-0.05, 0) is 50.1 Å². The summed E-state index contributed by atoms with van der Waals surface area (Å²) in [6.07, 6.45) is 2.89. The third kappa shape index (κ3) is 4.32. The number of nitrogens with zero attached hydrogens (tertiary/aromatic N) is 2. The average Bonchev–Trinajstić information content (AvgIpc) is 3.10. The van der Waals surface area contributed by atoms with Gasteiger partial charge in [0.2, 0.25) is 5.91 Å². The summed E-state index contributed by atoms with van der Waals surface area (Å²) < 4.78 is 0. The van der Waals surface area contributed by atoms with E-state index in [1.807, 2.05) is 55.5 Å². The van der Waals surface area contributed by atoms with Gasteiger partial charge in [0.15, 0.2) is 0 Å². The predicted octanol–water partition coefficient (Wildman–Crippen LogP) is 2.84. The number of pyridine rings is 1. The van der Waals surface area contributed by atoms with Gasteiger partial charge in [-0.3, -0.25) is 9.69 Å². The van der Waals surface area contributed by atoms with Gasteiger partial charge in [-0.2, -0.15) is 0 Å².